The van der Waals surface area contributed by atoms with E-state index in [1.54, 1.807) is 0 Å². The van der Waals surface area contributed by atoms with Crippen molar-refractivity contribution in [1.82, 2.24) is 10.6 Å². The second-order valence-corrected chi connectivity index (χ2v) is 8.94. The van der Waals surface area contributed by atoms with E-state index in [1.807, 2.05) is 24.3 Å². The molecule has 0 radical (unpaired) electrons. The maximum atomic E-state index is 12.5. The fraction of sp³-hybridized carbons (Fsp3) is 0.423. The lowest BCUT2D eigenvalue weighted by atomic mass is 9.95. The van der Waals surface area contributed by atoms with E-state index in [4.69, 9.17) is 9.84 Å². The van der Waals surface area contributed by atoms with Crippen LogP contribution in [-0.2, 0) is 14.3 Å². The summed E-state index contributed by atoms with van der Waals surface area (Å²) in [6, 6.07) is 16.3. The molecule has 8 nitrogen and oxygen atoms in total. The number of carboxylic acid groups (broad SMARTS) is 1. The molecule has 8 heteroatoms. The predicted molar refractivity (Wildman–Crippen MR) is 125 cm³/mol. The minimum absolute atomic E-state index is 0.00937. The molecule has 0 bridgehead atoms. The number of nitrogens with one attached hydrogen (secondary N) is 2. The highest BCUT2D eigenvalue weighted by Crippen LogP contribution is 2.44. The number of carbonyl (C=O) groups is 3. The molecule has 2 aromatic rings. The highest BCUT2D eigenvalue weighted by Gasteiger charge is 2.33. The smallest absolute Gasteiger partial charge is 0.407 e. The zero-order valence-corrected chi connectivity index (χ0v) is 18.9. The number of benzene rings is 2. The first-order chi connectivity index (χ1) is 16.5. The lowest BCUT2D eigenvalue weighted by Gasteiger charge is -2.20. The molecule has 0 saturated heterocycles. The van der Waals surface area contributed by atoms with E-state index in [1.165, 1.54) is 11.1 Å². The lowest BCUT2D eigenvalue weighted by molar-refractivity contribution is -0.147. The number of hydrogen-bond acceptors (Lipinski definition) is 5. The SMILES string of the molecule is O=C(NC[C@@H]1CCC[C@@H]1C(=O)NCCC(O)C(=O)O)OCC1c2ccccc2-c2ccccc21. The summed E-state index contributed by atoms with van der Waals surface area (Å²) in [4.78, 5) is 35.6. The number of fused-ring (bicyclic) bond motifs is 3. The molecule has 0 heterocycles. The van der Waals surface area contributed by atoms with Crippen LogP contribution in [0.2, 0.25) is 0 Å². The first kappa shape index (κ1) is 23.8. The molecule has 4 N–H and O–H groups in total. The second-order valence-electron chi connectivity index (χ2n) is 8.94. The van der Waals surface area contributed by atoms with Crippen molar-refractivity contribution in [3.8, 4) is 11.1 Å². The Bertz CT molecular complexity index is 1010. The van der Waals surface area contributed by atoms with E-state index in [2.05, 4.69) is 34.9 Å². The van der Waals surface area contributed by atoms with Gasteiger partial charge in [-0.15, -0.1) is 0 Å². The first-order valence-electron chi connectivity index (χ1n) is 11.7. The number of alkyl carbamates (subject to hydrolysis) is 1. The summed E-state index contributed by atoms with van der Waals surface area (Å²) < 4.78 is 5.57. The Morgan fingerprint density at radius 2 is 1.62 bits per heavy atom. The Labute approximate surface area is 198 Å². The van der Waals surface area contributed by atoms with Crippen molar-refractivity contribution in [2.75, 3.05) is 19.7 Å². The van der Waals surface area contributed by atoms with Crippen molar-refractivity contribution < 1.29 is 29.3 Å². The largest absolute Gasteiger partial charge is 0.479 e. The monoisotopic (exact) mass is 466 g/mol. The molecule has 3 atom stereocenters. The first-order valence-corrected chi connectivity index (χ1v) is 11.7. The summed E-state index contributed by atoms with van der Waals surface area (Å²) in [6.07, 6.45) is 0.375. The van der Waals surface area contributed by atoms with Gasteiger partial charge in [0.05, 0.1) is 0 Å². The fourth-order valence-electron chi connectivity index (χ4n) is 5.08. The van der Waals surface area contributed by atoms with E-state index in [-0.39, 0.29) is 43.2 Å². The van der Waals surface area contributed by atoms with Crippen LogP contribution < -0.4 is 10.6 Å². The number of aliphatic hydroxyl groups is 1. The lowest BCUT2D eigenvalue weighted by Crippen LogP contribution is -2.39. The minimum Gasteiger partial charge on any atom is -0.479 e. The Morgan fingerprint density at radius 3 is 2.26 bits per heavy atom. The van der Waals surface area contributed by atoms with Crippen molar-refractivity contribution in [3.63, 3.8) is 0 Å². The number of amides is 2. The molecule has 4 rings (SSSR count). The quantitative estimate of drug-likeness (QED) is 0.450. The van der Waals surface area contributed by atoms with Crippen LogP contribution in [0.5, 0.6) is 0 Å². The third-order valence-electron chi connectivity index (χ3n) is 6.85. The van der Waals surface area contributed by atoms with Gasteiger partial charge in [-0.1, -0.05) is 55.0 Å². The van der Waals surface area contributed by atoms with E-state index < -0.39 is 18.2 Å². The number of rotatable bonds is 9. The van der Waals surface area contributed by atoms with E-state index in [0.29, 0.717) is 13.0 Å². The number of aliphatic carboxylic acids is 1. The summed E-state index contributed by atoms with van der Waals surface area (Å²) in [7, 11) is 0. The van der Waals surface area contributed by atoms with Gasteiger partial charge in [-0.25, -0.2) is 9.59 Å². The Kier molecular flexibility index (Phi) is 7.47. The van der Waals surface area contributed by atoms with E-state index in [9.17, 15) is 19.5 Å². The highest BCUT2D eigenvalue weighted by atomic mass is 16.5. The van der Waals surface area contributed by atoms with Gasteiger partial charge in [-0.05, 0) is 41.0 Å². The zero-order valence-electron chi connectivity index (χ0n) is 18.9. The van der Waals surface area contributed by atoms with Crippen molar-refractivity contribution in [2.45, 2.75) is 37.7 Å². The molecule has 2 amide bonds. The summed E-state index contributed by atoms with van der Waals surface area (Å²) in [6.45, 7) is 0.669. The van der Waals surface area contributed by atoms with Crippen LogP contribution >= 0.6 is 0 Å². The van der Waals surface area contributed by atoms with Crippen molar-refractivity contribution in [1.29, 1.82) is 0 Å². The normalized spacial score (nSPS) is 19.7. The molecule has 2 aromatic carbocycles. The standard InChI is InChI=1S/C26H30N2O6/c29-23(25(31)32)12-13-27-24(30)17-11-5-6-16(17)14-28-26(33)34-15-22-20-9-3-1-7-18(20)19-8-2-4-10-21(19)22/h1-4,7-10,16-17,22-23,29H,5-6,11-15H2,(H,27,30)(H,28,33)(H,31,32)/t16-,17-,23?/m0/s1. The Balaban J connectivity index is 1.26. The summed E-state index contributed by atoms with van der Waals surface area (Å²) in [5.74, 6) is -1.75. The molecular formula is C26H30N2O6. The maximum Gasteiger partial charge on any atom is 0.407 e. The van der Waals surface area contributed by atoms with Crippen LogP contribution in [0, 0.1) is 11.8 Å². The number of ether oxygens (including phenoxy) is 1. The van der Waals surface area contributed by atoms with Gasteiger partial charge < -0.3 is 25.6 Å². The van der Waals surface area contributed by atoms with Crippen molar-refractivity contribution in [2.24, 2.45) is 11.8 Å². The molecular weight excluding hydrogens is 436 g/mol. The van der Waals surface area contributed by atoms with Gasteiger partial charge in [0.15, 0.2) is 6.10 Å². The summed E-state index contributed by atoms with van der Waals surface area (Å²) in [5, 5.41) is 23.6. The third-order valence-corrected chi connectivity index (χ3v) is 6.85. The molecule has 0 aliphatic heterocycles. The van der Waals surface area contributed by atoms with Crippen LogP contribution in [0.25, 0.3) is 11.1 Å². The Hall–Kier alpha value is -3.39. The average Bonchev–Trinajstić information content (AvgIpc) is 3.44. The molecule has 1 unspecified atom stereocenters. The molecule has 1 saturated carbocycles. The van der Waals surface area contributed by atoms with Crippen molar-refractivity contribution >= 4 is 18.0 Å². The minimum atomic E-state index is -1.49. The molecule has 2 aliphatic rings. The predicted octanol–water partition coefficient (Wildman–Crippen LogP) is 2.89. The van der Waals surface area contributed by atoms with Gasteiger partial charge >= 0.3 is 12.1 Å². The van der Waals surface area contributed by atoms with Crippen LogP contribution in [0.3, 0.4) is 0 Å². The molecule has 34 heavy (non-hydrogen) atoms. The number of aliphatic hydroxyl groups excluding tert-OH is 1. The highest BCUT2D eigenvalue weighted by molar-refractivity contribution is 5.80. The van der Waals surface area contributed by atoms with Gasteiger partial charge in [0.1, 0.15) is 6.61 Å². The second kappa shape index (κ2) is 10.7. The van der Waals surface area contributed by atoms with Crippen LogP contribution in [-0.4, -0.2) is 54.0 Å². The molecule has 180 valence electrons. The average molecular weight is 467 g/mol. The van der Waals surface area contributed by atoms with Gasteiger partial charge in [0, 0.05) is 31.3 Å². The van der Waals surface area contributed by atoms with Gasteiger partial charge in [0.25, 0.3) is 0 Å². The summed E-state index contributed by atoms with van der Waals surface area (Å²) >= 11 is 0. The van der Waals surface area contributed by atoms with Gasteiger partial charge in [0.2, 0.25) is 5.91 Å². The molecule has 0 aromatic heterocycles. The van der Waals surface area contributed by atoms with Crippen LogP contribution in [0.1, 0.15) is 42.7 Å². The molecule has 0 spiro atoms. The fourth-order valence-corrected chi connectivity index (χ4v) is 5.08. The van der Waals surface area contributed by atoms with Crippen LogP contribution in [0.4, 0.5) is 4.79 Å². The maximum absolute atomic E-state index is 12.5. The van der Waals surface area contributed by atoms with Crippen LogP contribution in [0.15, 0.2) is 48.5 Å². The Morgan fingerprint density at radius 1 is 0.971 bits per heavy atom. The van der Waals surface area contributed by atoms with Gasteiger partial charge in [-0.2, -0.15) is 0 Å². The third kappa shape index (κ3) is 5.22. The van der Waals surface area contributed by atoms with E-state index >= 15 is 0 Å². The zero-order chi connectivity index (χ0) is 24.1. The molecule has 1 fully saturated rings. The topological polar surface area (TPSA) is 125 Å². The number of carboxylic acids is 1. The number of carbonyl (C=O) groups excluding carboxylic acids is 2. The molecule has 2 aliphatic carbocycles. The summed E-state index contributed by atoms with van der Waals surface area (Å²) in [5.41, 5.74) is 4.64. The number of hydrogen-bond donors (Lipinski definition) is 4. The van der Waals surface area contributed by atoms with Gasteiger partial charge in [-0.3, -0.25) is 4.79 Å². The van der Waals surface area contributed by atoms with E-state index in [0.717, 1.165) is 24.0 Å². The van der Waals surface area contributed by atoms with Crippen molar-refractivity contribution in [3.05, 3.63) is 59.7 Å².